The van der Waals surface area contributed by atoms with E-state index in [1.165, 1.54) is 12.0 Å². The Bertz CT molecular complexity index is 461. The Labute approximate surface area is 115 Å². The largest absolute Gasteiger partial charge is 0.495 e. The van der Waals surface area contributed by atoms with Gasteiger partial charge < -0.3 is 10.1 Å². The Hall–Kier alpha value is -1.57. The summed E-state index contributed by atoms with van der Waals surface area (Å²) in [6, 6.07) is 8.67. The monoisotopic (exact) mass is 259 g/mol. The van der Waals surface area contributed by atoms with Crippen molar-refractivity contribution >= 4 is 0 Å². The molecule has 0 bridgehead atoms. The van der Waals surface area contributed by atoms with Crippen molar-refractivity contribution in [3.63, 3.8) is 0 Å². The van der Waals surface area contributed by atoms with Crippen molar-refractivity contribution in [2.45, 2.75) is 25.9 Å². The lowest BCUT2D eigenvalue weighted by atomic mass is 10.1. The van der Waals surface area contributed by atoms with Crippen LogP contribution in [0, 0.1) is 11.3 Å². The number of likely N-dealkylation sites (N-methyl/N-ethyl adjacent to an activating group) is 1. The van der Waals surface area contributed by atoms with Crippen LogP contribution in [-0.4, -0.2) is 37.7 Å². The van der Waals surface area contributed by atoms with Gasteiger partial charge in [0.25, 0.3) is 0 Å². The van der Waals surface area contributed by atoms with Crippen LogP contribution in [0.15, 0.2) is 18.2 Å². The zero-order valence-electron chi connectivity index (χ0n) is 11.6. The molecule has 1 aliphatic rings. The fraction of sp³-hybridized carbons (Fsp3) is 0.533. The summed E-state index contributed by atoms with van der Waals surface area (Å²) in [6.45, 7) is 6.27. The van der Waals surface area contributed by atoms with Gasteiger partial charge in [-0.25, -0.2) is 0 Å². The van der Waals surface area contributed by atoms with Crippen LogP contribution in [0.25, 0.3) is 0 Å². The highest BCUT2D eigenvalue weighted by atomic mass is 16.5. The third kappa shape index (κ3) is 3.25. The lowest BCUT2D eigenvalue weighted by molar-refractivity contribution is 0.210. The Balaban J connectivity index is 2.11. The first kappa shape index (κ1) is 13.9. The van der Waals surface area contributed by atoms with Gasteiger partial charge >= 0.3 is 0 Å². The Kier molecular flexibility index (Phi) is 4.78. The Morgan fingerprint density at radius 3 is 2.95 bits per heavy atom. The zero-order chi connectivity index (χ0) is 13.7. The van der Waals surface area contributed by atoms with Gasteiger partial charge in [-0.2, -0.15) is 5.26 Å². The van der Waals surface area contributed by atoms with E-state index in [0.717, 1.165) is 26.2 Å². The first-order chi connectivity index (χ1) is 9.28. The maximum absolute atomic E-state index is 9.12. The van der Waals surface area contributed by atoms with Gasteiger partial charge in [0.15, 0.2) is 0 Å². The average molecular weight is 259 g/mol. The third-order valence-electron chi connectivity index (χ3n) is 3.73. The van der Waals surface area contributed by atoms with Gasteiger partial charge in [0.2, 0.25) is 0 Å². The van der Waals surface area contributed by atoms with Crippen molar-refractivity contribution in [2.75, 3.05) is 26.7 Å². The van der Waals surface area contributed by atoms with Crippen LogP contribution >= 0.6 is 0 Å². The molecule has 0 amide bonds. The van der Waals surface area contributed by atoms with E-state index in [1.807, 2.05) is 18.2 Å². The van der Waals surface area contributed by atoms with E-state index in [0.29, 0.717) is 17.4 Å². The molecule has 4 nitrogen and oxygen atoms in total. The molecule has 1 N–H and O–H groups in total. The standard InChI is InChI=1S/C15H21N3O/c1-3-18(14-6-7-17-10-14)11-12-4-5-15(19-2)13(8-12)9-16/h4-5,8,14,17H,3,6-7,10-11H2,1-2H3. The summed E-state index contributed by atoms with van der Waals surface area (Å²) in [5, 5.41) is 12.5. The first-order valence-electron chi connectivity index (χ1n) is 6.80. The molecule has 1 atom stereocenters. The average Bonchev–Trinajstić information content (AvgIpc) is 2.98. The van der Waals surface area contributed by atoms with E-state index in [1.54, 1.807) is 7.11 Å². The molecule has 1 heterocycles. The summed E-state index contributed by atoms with van der Waals surface area (Å²) in [7, 11) is 1.60. The quantitative estimate of drug-likeness (QED) is 0.875. The van der Waals surface area contributed by atoms with Crippen molar-refractivity contribution in [2.24, 2.45) is 0 Å². The third-order valence-corrected chi connectivity index (χ3v) is 3.73. The van der Waals surface area contributed by atoms with Crippen LogP contribution in [0.4, 0.5) is 0 Å². The van der Waals surface area contributed by atoms with E-state index in [2.05, 4.69) is 23.2 Å². The molecule has 19 heavy (non-hydrogen) atoms. The number of benzene rings is 1. The molecule has 0 radical (unpaired) electrons. The van der Waals surface area contributed by atoms with Crippen LogP contribution in [0.1, 0.15) is 24.5 Å². The molecule has 1 aromatic carbocycles. The number of nitrogens with zero attached hydrogens (tertiary/aromatic N) is 2. The van der Waals surface area contributed by atoms with E-state index < -0.39 is 0 Å². The molecule has 1 unspecified atom stereocenters. The minimum atomic E-state index is 0.609. The normalized spacial score (nSPS) is 18.5. The van der Waals surface area contributed by atoms with Crippen LogP contribution in [0.3, 0.4) is 0 Å². The van der Waals surface area contributed by atoms with E-state index in [9.17, 15) is 0 Å². The molecule has 1 aliphatic heterocycles. The fourth-order valence-corrected chi connectivity index (χ4v) is 2.63. The second-order valence-corrected chi connectivity index (χ2v) is 4.86. The molecule has 1 fully saturated rings. The molecule has 1 saturated heterocycles. The zero-order valence-corrected chi connectivity index (χ0v) is 11.6. The lowest BCUT2D eigenvalue weighted by Crippen LogP contribution is -2.36. The van der Waals surface area contributed by atoms with Gasteiger partial charge in [-0.1, -0.05) is 13.0 Å². The number of rotatable bonds is 5. The van der Waals surface area contributed by atoms with Gasteiger partial charge in [0, 0.05) is 19.1 Å². The smallest absolute Gasteiger partial charge is 0.136 e. The topological polar surface area (TPSA) is 48.3 Å². The van der Waals surface area contributed by atoms with Crippen LogP contribution in [0.2, 0.25) is 0 Å². The van der Waals surface area contributed by atoms with Crippen molar-refractivity contribution in [3.05, 3.63) is 29.3 Å². The summed E-state index contributed by atoms with van der Waals surface area (Å²) in [5.41, 5.74) is 1.78. The van der Waals surface area contributed by atoms with Crippen LogP contribution in [-0.2, 0) is 6.54 Å². The molecule has 1 aromatic rings. The van der Waals surface area contributed by atoms with Gasteiger partial charge in [0.1, 0.15) is 11.8 Å². The van der Waals surface area contributed by atoms with Gasteiger partial charge in [-0.15, -0.1) is 0 Å². The van der Waals surface area contributed by atoms with Crippen molar-refractivity contribution in [3.8, 4) is 11.8 Å². The highest BCUT2D eigenvalue weighted by Gasteiger charge is 2.21. The van der Waals surface area contributed by atoms with E-state index in [4.69, 9.17) is 10.00 Å². The van der Waals surface area contributed by atoms with E-state index in [-0.39, 0.29) is 0 Å². The van der Waals surface area contributed by atoms with Crippen LogP contribution in [0.5, 0.6) is 5.75 Å². The molecular formula is C15H21N3O. The molecule has 0 aliphatic carbocycles. The van der Waals surface area contributed by atoms with Gasteiger partial charge in [0.05, 0.1) is 12.7 Å². The summed E-state index contributed by atoms with van der Waals surface area (Å²) in [6.07, 6.45) is 1.20. The number of hydrogen-bond donors (Lipinski definition) is 1. The number of hydrogen-bond acceptors (Lipinski definition) is 4. The Morgan fingerprint density at radius 2 is 2.37 bits per heavy atom. The molecule has 102 valence electrons. The summed E-state index contributed by atoms with van der Waals surface area (Å²) in [5.74, 6) is 0.650. The van der Waals surface area contributed by atoms with Gasteiger partial charge in [-0.3, -0.25) is 4.90 Å². The predicted molar refractivity (Wildman–Crippen MR) is 75.1 cm³/mol. The summed E-state index contributed by atoms with van der Waals surface area (Å²) < 4.78 is 5.18. The van der Waals surface area contributed by atoms with Gasteiger partial charge in [-0.05, 0) is 37.2 Å². The van der Waals surface area contributed by atoms with Crippen molar-refractivity contribution in [1.82, 2.24) is 10.2 Å². The number of methoxy groups -OCH3 is 1. The first-order valence-corrected chi connectivity index (χ1v) is 6.80. The second-order valence-electron chi connectivity index (χ2n) is 4.86. The number of nitrogens with one attached hydrogen (secondary N) is 1. The molecule has 0 saturated carbocycles. The van der Waals surface area contributed by atoms with E-state index >= 15 is 0 Å². The molecular weight excluding hydrogens is 238 g/mol. The summed E-state index contributed by atoms with van der Waals surface area (Å²) >= 11 is 0. The predicted octanol–water partition coefficient (Wildman–Crippen LogP) is 1.75. The number of ether oxygens (including phenoxy) is 1. The Morgan fingerprint density at radius 1 is 1.53 bits per heavy atom. The maximum atomic E-state index is 9.12. The molecule has 2 rings (SSSR count). The van der Waals surface area contributed by atoms with Crippen molar-refractivity contribution in [1.29, 1.82) is 5.26 Å². The van der Waals surface area contributed by atoms with Crippen LogP contribution < -0.4 is 10.1 Å². The molecule has 0 aromatic heterocycles. The molecule has 0 spiro atoms. The fourth-order valence-electron chi connectivity index (χ4n) is 2.63. The maximum Gasteiger partial charge on any atom is 0.136 e. The van der Waals surface area contributed by atoms with Crippen molar-refractivity contribution < 1.29 is 4.74 Å². The summed E-state index contributed by atoms with van der Waals surface area (Å²) in [4.78, 5) is 2.46. The highest BCUT2D eigenvalue weighted by Crippen LogP contribution is 2.21. The SMILES string of the molecule is CCN(Cc1ccc(OC)c(C#N)c1)C1CCNC1. The number of nitriles is 1. The second kappa shape index (κ2) is 6.55. The minimum absolute atomic E-state index is 0.609. The minimum Gasteiger partial charge on any atom is -0.495 e. The highest BCUT2D eigenvalue weighted by molar-refractivity contribution is 5.45. The molecule has 4 heteroatoms. The lowest BCUT2D eigenvalue weighted by Gasteiger charge is -2.27.